The van der Waals surface area contributed by atoms with Crippen molar-refractivity contribution >= 4 is 0 Å². The van der Waals surface area contributed by atoms with Crippen LogP contribution in [0.3, 0.4) is 0 Å². The van der Waals surface area contributed by atoms with E-state index in [-0.39, 0.29) is 5.60 Å². The van der Waals surface area contributed by atoms with Crippen LogP contribution in [0.2, 0.25) is 0 Å². The number of hydrogen-bond donors (Lipinski definition) is 1. The highest BCUT2D eigenvalue weighted by atomic mass is 16.5. The average molecular weight is 260 g/mol. The van der Waals surface area contributed by atoms with Crippen molar-refractivity contribution in [3.05, 3.63) is 29.3 Å². The van der Waals surface area contributed by atoms with Crippen LogP contribution in [0.4, 0.5) is 0 Å². The minimum atomic E-state index is -0.0429. The second kappa shape index (κ2) is 5.14. The van der Waals surface area contributed by atoms with Crippen molar-refractivity contribution in [3.8, 4) is 5.75 Å². The Morgan fingerprint density at radius 3 is 3.05 bits per heavy atom. The Labute approximate surface area is 115 Å². The highest BCUT2D eigenvalue weighted by molar-refractivity contribution is 5.45. The first-order valence-electron chi connectivity index (χ1n) is 7.37. The molecular formula is C16H24N2O. The molecular weight excluding hydrogens is 236 g/mol. The molecule has 1 N–H and O–H groups in total. The summed E-state index contributed by atoms with van der Waals surface area (Å²) in [5.41, 5.74) is 2.68. The van der Waals surface area contributed by atoms with Gasteiger partial charge < -0.3 is 10.1 Å². The molecule has 0 atom stereocenters. The van der Waals surface area contributed by atoms with Crippen LogP contribution in [0.25, 0.3) is 0 Å². The molecule has 19 heavy (non-hydrogen) atoms. The van der Waals surface area contributed by atoms with Crippen LogP contribution in [0.5, 0.6) is 5.75 Å². The molecule has 0 amide bonds. The van der Waals surface area contributed by atoms with Crippen molar-refractivity contribution in [2.75, 3.05) is 26.2 Å². The molecule has 0 aromatic heterocycles. The van der Waals surface area contributed by atoms with Crippen LogP contribution < -0.4 is 10.1 Å². The number of nitrogens with one attached hydrogen (secondary N) is 1. The first-order chi connectivity index (χ1) is 9.14. The number of fused-ring (bicyclic) bond motifs is 1. The number of benzene rings is 1. The molecule has 0 bridgehead atoms. The van der Waals surface area contributed by atoms with Crippen molar-refractivity contribution in [3.63, 3.8) is 0 Å². The Morgan fingerprint density at radius 2 is 2.16 bits per heavy atom. The Kier molecular flexibility index (Phi) is 3.50. The SMILES string of the molecule is CC1(C)Cc2cccc(CN3CCCNCC3)c2O1. The van der Waals surface area contributed by atoms with Crippen LogP contribution in [0.15, 0.2) is 18.2 Å². The van der Waals surface area contributed by atoms with E-state index in [9.17, 15) is 0 Å². The summed E-state index contributed by atoms with van der Waals surface area (Å²) in [6.07, 6.45) is 2.26. The molecule has 3 heteroatoms. The van der Waals surface area contributed by atoms with E-state index >= 15 is 0 Å². The summed E-state index contributed by atoms with van der Waals surface area (Å²) in [6.45, 7) is 9.92. The number of nitrogens with zero attached hydrogens (tertiary/aromatic N) is 1. The Bertz CT molecular complexity index is 448. The number of rotatable bonds is 2. The fraction of sp³-hybridized carbons (Fsp3) is 0.625. The van der Waals surface area contributed by atoms with Gasteiger partial charge in [-0.05, 0) is 38.9 Å². The second-order valence-electron chi connectivity index (χ2n) is 6.32. The Balaban J connectivity index is 1.77. The van der Waals surface area contributed by atoms with Gasteiger partial charge in [-0.3, -0.25) is 4.90 Å². The van der Waals surface area contributed by atoms with E-state index in [1.54, 1.807) is 0 Å². The van der Waals surface area contributed by atoms with Gasteiger partial charge in [-0.25, -0.2) is 0 Å². The van der Waals surface area contributed by atoms with E-state index in [0.29, 0.717) is 0 Å². The van der Waals surface area contributed by atoms with E-state index < -0.39 is 0 Å². The molecule has 1 aromatic carbocycles. The van der Waals surface area contributed by atoms with Crippen molar-refractivity contribution in [1.29, 1.82) is 0 Å². The van der Waals surface area contributed by atoms with Gasteiger partial charge in [0.05, 0.1) is 0 Å². The van der Waals surface area contributed by atoms with Crippen LogP contribution in [-0.4, -0.2) is 36.7 Å². The highest BCUT2D eigenvalue weighted by Crippen LogP contribution is 2.38. The molecule has 3 nitrogen and oxygen atoms in total. The van der Waals surface area contributed by atoms with Crippen molar-refractivity contribution in [2.45, 2.75) is 38.8 Å². The molecule has 0 spiro atoms. The van der Waals surface area contributed by atoms with E-state index in [0.717, 1.165) is 38.3 Å². The number of para-hydroxylation sites is 1. The van der Waals surface area contributed by atoms with Gasteiger partial charge in [0.2, 0.25) is 0 Å². The number of hydrogen-bond acceptors (Lipinski definition) is 3. The zero-order chi connectivity index (χ0) is 13.3. The quantitative estimate of drug-likeness (QED) is 0.882. The summed E-state index contributed by atoms with van der Waals surface area (Å²) in [5, 5.41) is 3.46. The third kappa shape index (κ3) is 2.93. The van der Waals surface area contributed by atoms with Crippen molar-refractivity contribution < 1.29 is 4.74 Å². The standard InChI is InChI=1S/C16H24N2O/c1-16(2)11-13-5-3-6-14(15(13)19-16)12-18-9-4-7-17-8-10-18/h3,5-6,17H,4,7-12H2,1-2H3. The van der Waals surface area contributed by atoms with Gasteiger partial charge in [0, 0.05) is 31.6 Å². The average Bonchev–Trinajstić information content (AvgIpc) is 2.53. The normalized spacial score (nSPS) is 22.6. The zero-order valence-corrected chi connectivity index (χ0v) is 12.0. The molecule has 1 saturated heterocycles. The van der Waals surface area contributed by atoms with Gasteiger partial charge in [-0.1, -0.05) is 18.2 Å². The topological polar surface area (TPSA) is 24.5 Å². The Hall–Kier alpha value is -1.06. The van der Waals surface area contributed by atoms with Gasteiger partial charge in [-0.15, -0.1) is 0 Å². The molecule has 3 rings (SSSR count). The summed E-state index contributed by atoms with van der Waals surface area (Å²) < 4.78 is 6.16. The van der Waals surface area contributed by atoms with Gasteiger partial charge in [-0.2, -0.15) is 0 Å². The molecule has 1 aromatic rings. The monoisotopic (exact) mass is 260 g/mol. The second-order valence-corrected chi connectivity index (χ2v) is 6.32. The van der Waals surface area contributed by atoms with Crippen LogP contribution >= 0.6 is 0 Å². The maximum Gasteiger partial charge on any atom is 0.127 e. The highest BCUT2D eigenvalue weighted by Gasteiger charge is 2.31. The summed E-state index contributed by atoms with van der Waals surface area (Å²) in [7, 11) is 0. The van der Waals surface area contributed by atoms with Crippen LogP contribution in [-0.2, 0) is 13.0 Å². The molecule has 2 heterocycles. The molecule has 0 unspecified atom stereocenters. The van der Waals surface area contributed by atoms with Crippen LogP contribution in [0.1, 0.15) is 31.4 Å². The minimum absolute atomic E-state index is 0.0429. The first-order valence-corrected chi connectivity index (χ1v) is 7.37. The fourth-order valence-corrected chi connectivity index (χ4v) is 3.10. The molecule has 0 aliphatic carbocycles. The Morgan fingerprint density at radius 1 is 1.26 bits per heavy atom. The number of ether oxygens (including phenoxy) is 1. The lowest BCUT2D eigenvalue weighted by Crippen LogP contribution is -2.28. The lowest BCUT2D eigenvalue weighted by molar-refractivity contribution is 0.135. The maximum atomic E-state index is 6.16. The largest absolute Gasteiger partial charge is 0.487 e. The summed E-state index contributed by atoms with van der Waals surface area (Å²) >= 11 is 0. The summed E-state index contributed by atoms with van der Waals surface area (Å²) in [5.74, 6) is 1.14. The molecule has 1 fully saturated rings. The van der Waals surface area contributed by atoms with Crippen molar-refractivity contribution in [1.82, 2.24) is 10.2 Å². The third-order valence-electron chi connectivity index (χ3n) is 4.00. The predicted molar refractivity (Wildman–Crippen MR) is 77.6 cm³/mol. The summed E-state index contributed by atoms with van der Waals surface area (Å²) in [6, 6.07) is 6.60. The van der Waals surface area contributed by atoms with Gasteiger partial charge >= 0.3 is 0 Å². The lowest BCUT2D eigenvalue weighted by atomic mass is 10.0. The van der Waals surface area contributed by atoms with E-state index in [2.05, 4.69) is 42.3 Å². The van der Waals surface area contributed by atoms with Crippen molar-refractivity contribution in [2.24, 2.45) is 0 Å². The first kappa shape index (κ1) is 12.9. The smallest absolute Gasteiger partial charge is 0.127 e. The molecule has 2 aliphatic rings. The minimum Gasteiger partial charge on any atom is -0.487 e. The predicted octanol–water partition coefficient (Wildman–Crippen LogP) is 2.20. The lowest BCUT2D eigenvalue weighted by Gasteiger charge is -2.22. The molecule has 104 valence electrons. The zero-order valence-electron chi connectivity index (χ0n) is 12.0. The van der Waals surface area contributed by atoms with E-state index in [1.807, 2.05) is 0 Å². The van der Waals surface area contributed by atoms with Gasteiger partial charge in [0.25, 0.3) is 0 Å². The molecule has 2 aliphatic heterocycles. The van der Waals surface area contributed by atoms with E-state index in [1.165, 1.54) is 24.1 Å². The third-order valence-corrected chi connectivity index (χ3v) is 4.00. The molecule has 0 saturated carbocycles. The summed E-state index contributed by atoms with van der Waals surface area (Å²) in [4.78, 5) is 2.53. The maximum absolute atomic E-state index is 6.16. The fourth-order valence-electron chi connectivity index (χ4n) is 3.10. The van der Waals surface area contributed by atoms with Gasteiger partial charge in [0.15, 0.2) is 0 Å². The van der Waals surface area contributed by atoms with E-state index in [4.69, 9.17) is 4.74 Å². The van der Waals surface area contributed by atoms with Gasteiger partial charge in [0.1, 0.15) is 11.4 Å². The van der Waals surface area contributed by atoms with Crippen LogP contribution in [0, 0.1) is 0 Å². The molecule has 0 radical (unpaired) electrons.